The topological polar surface area (TPSA) is 89.7 Å². The number of hydrogen-bond acceptors (Lipinski definition) is 5. The second-order valence-corrected chi connectivity index (χ2v) is 4.60. The van der Waals surface area contributed by atoms with Crippen LogP contribution in [0.3, 0.4) is 0 Å². The molecule has 1 aromatic carbocycles. The van der Waals surface area contributed by atoms with Crippen molar-refractivity contribution in [2.45, 2.75) is 32.6 Å². The Balaban J connectivity index is 2.98. The molecule has 0 radical (unpaired) electrons. The quantitative estimate of drug-likeness (QED) is 0.359. The smallest absolute Gasteiger partial charge is 0.338 e. The third-order valence-corrected chi connectivity index (χ3v) is 3.00. The van der Waals surface area contributed by atoms with E-state index in [0.717, 1.165) is 12.8 Å². The fourth-order valence-corrected chi connectivity index (χ4v) is 1.74. The second kappa shape index (κ2) is 7.59. The number of carbonyl (C=O) groups excluding carboxylic acids is 1. The average molecular weight is 281 g/mol. The summed E-state index contributed by atoms with van der Waals surface area (Å²) in [5.41, 5.74) is 0.390. The number of benzene rings is 1. The highest BCUT2D eigenvalue weighted by Crippen LogP contribution is 2.27. The Kier molecular flexibility index (Phi) is 6.11. The van der Waals surface area contributed by atoms with Crippen LogP contribution >= 0.6 is 0 Å². The van der Waals surface area contributed by atoms with Gasteiger partial charge in [-0.05, 0) is 12.5 Å². The van der Waals surface area contributed by atoms with Crippen LogP contribution in [-0.4, -0.2) is 29.2 Å². The molecule has 1 atom stereocenters. The van der Waals surface area contributed by atoms with E-state index in [2.05, 4.69) is 0 Å². The Morgan fingerprint density at radius 3 is 2.75 bits per heavy atom. The molecule has 0 saturated carbocycles. The molecular weight excluding hydrogens is 262 g/mol. The van der Waals surface area contributed by atoms with Gasteiger partial charge in [0.1, 0.15) is 0 Å². The summed E-state index contributed by atoms with van der Waals surface area (Å²) in [6, 6.07) is 4.19. The first-order valence-electron chi connectivity index (χ1n) is 6.57. The van der Waals surface area contributed by atoms with Crippen molar-refractivity contribution in [1.29, 1.82) is 0 Å². The van der Waals surface area contributed by atoms with Crippen molar-refractivity contribution in [3.8, 4) is 0 Å². The summed E-state index contributed by atoms with van der Waals surface area (Å²) in [6.07, 6.45) is 1.66. The lowest BCUT2D eigenvalue weighted by molar-refractivity contribution is -0.385. The average Bonchev–Trinajstić information content (AvgIpc) is 2.45. The monoisotopic (exact) mass is 281 g/mol. The number of carbonyl (C=O) groups is 1. The Morgan fingerprint density at radius 2 is 2.20 bits per heavy atom. The van der Waals surface area contributed by atoms with Gasteiger partial charge in [0.25, 0.3) is 5.69 Å². The number of ether oxygens (including phenoxy) is 1. The first-order valence-corrected chi connectivity index (χ1v) is 6.57. The summed E-state index contributed by atoms with van der Waals surface area (Å²) in [4.78, 5) is 22.2. The number of hydrogen-bond donors (Lipinski definition) is 1. The molecule has 110 valence electrons. The third kappa shape index (κ3) is 4.03. The van der Waals surface area contributed by atoms with Gasteiger partial charge in [-0.2, -0.15) is 0 Å². The van der Waals surface area contributed by atoms with Crippen LogP contribution in [0.5, 0.6) is 0 Å². The molecule has 1 aromatic rings. The summed E-state index contributed by atoms with van der Waals surface area (Å²) in [6.45, 7) is 3.77. The van der Waals surface area contributed by atoms with Crippen LogP contribution in [0.1, 0.15) is 48.5 Å². The van der Waals surface area contributed by atoms with Crippen LogP contribution in [0, 0.1) is 10.1 Å². The first kappa shape index (κ1) is 16.1. The molecule has 1 N–H and O–H groups in total. The van der Waals surface area contributed by atoms with Gasteiger partial charge < -0.3 is 9.84 Å². The maximum Gasteiger partial charge on any atom is 0.338 e. The molecule has 0 fully saturated rings. The zero-order chi connectivity index (χ0) is 15.1. The Morgan fingerprint density at radius 1 is 1.50 bits per heavy atom. The van der Waals surface area contributed by atoms with Gasteiger partial charge in [0, 0.05) is 24.2 Å². The van der Waals surface area contributed by atoms with Crippen molar-refractivity contribution in [1.82, 2.24) is 0 Å². The Labute approximate surface area is 117 Å². The molecule has 20 heavy (non-hydrogen) atoms. The van der Waals surface area contributed by atoms with Crippen LogP contribution in [0.15, 0.2) is 18.2 Å². The number of unbranched alkanes of at least 4 members (excludes halogenated alkanes) is 1. The molecule has 6 heteroatoms. The van der Waals surface area contributed by atoms with Crippen LogP contribution < -0.4 is 0 Å². The predicted molar refractivity (Wildman–Crippen MR) is 73.8 cm³/mol. The molecule has 0 spiro atoms. The van der Waals surface area contributed by atoms with Crippen molar-refractivity contribution in [3.05, 3.63) is 39.4 Å². The minimum Gasteiger partial charge on any atom is -0.462 e. The zero-order valence-corrected chi connectivity index (χ0v) is 11.7. The molecule has 1 unspecified atom stereocenters. The van der Waals surface area contributed by atoms with E-state index in [1.165, 1.54) is 18.2 Å². The van der Waals surface area contributed by atoms with Gasteiger partial charge in [0.05, 0.1) is 17.1 Å². The molecule has 0 aliphatic heterocycles. The molecule has 6 nitrogen and oxygen atoms in total. The Hall–Kier alpha value is -1.95. The van der Waals surface area contributed by atoms with Crippen molar-refractivity contribution < 1.29 is 19.6 Å². The highest BCUT2D eigenvalue weighted by molar-refractivity contribution is 5.90. The standard InChI is InChI=1S/C14H19NO5/c1-3-4-7-20-14(17)11-5-6-12(10(2)9-16)13(8-11)15(18)19/h5-6,8,10,16H,3-4,7,9H2,1-2H3. The maximum atomic E-state index is 11.8. The van der Waals surface area contributed by atoms with Crippen LogP contribution in [0.2, 0.25) is 0 Å². The number of aliphatic hydroxyl groups excluding tert-OH is 1. The highest BCUT2D eigenvalue weighted by Gasteiger charge is 2.21. The van der Waals surface area contributed by atoms with Crippen LogP contribution in [0.4, 0.5) is 5.69 Å². The van der Waals surface area contributed by atoms with E-state index < -0.39 is 10.9 Å². The second-order valence-electron chi connectivity index (χ2n) is 4.60. The van der Waals surface area contributed by atoms with Gasteiger partial charge in [-0.1, -0.05) is 26.3 Å². The molecule has 0 aliphatic rings. The summed E-state index contributed by atoms with van der Waals surface area (Å²) >= 11 is 0. The molecule has 0 heterocycles. The zero-order valence-electron chi connectivity index (χ0n) is 11.7. The number of nitro groups is 1. The van der Waals surface area contributed by atoms with E-state index in [4.69, 9.17) is 9.84 Å². The number of rotatable bonds is 7. The molecule has 1 rings (SSSR count). The van der Waals surface area contributed by atoms with E-state index in [-0.39, 0.29) is 23.8 Å². The van der Waals surface area contributed by atoms with E-state index in [0.29, 0.717) is 12.2 Å². The summed E-state index contributed by atoms with van der Waals surface area (Å²) in [7, 11) is 0. The number of nitro benzene ring substituents is 1. The maximum absolute atomic E-state index is 11.8. The van der Waals surface area contributed by atoms with E-state index in [1.54, 1.807) is 6.92 Å². The van der Waals surface area contributed by atoms with Gasteiger partial charge >= 0.3 is 5.97 Å². The van der Waals surface area contributed by atoms with Crippen molar-refractivity contribution >= 4 is 11.7 Å². The third-order valence-electron chi connectivity index (χ3n) is 3.00. The fourth-order valence-electron chi connectivity index (χ4n) is 1.74. The lowest BCUT2D eigenvalue weighted by Gasteiger charge is -2.10. The SMILES string of the molecule is CCCCOC(=O)c1ccc(C(C)CO)c([N+](=O)[O-])c1. The van der Waals surface area contributed by atoms with E-state index in [1.807, 2.05) is 6.92 Å². The van der Waals surface area contributed by atoms with Gasteiger partial charge in [-0.15, -0.1) is 0 Å². The highest BCUT2D eigenvalue weighted by atomic mass is 16.6. The minimum atomic E-state index is -0.565. The van der Waals surface area contributed by atoms with Crippen LogP contribution in [0.25, 0.3) is 0 Å². The summed E-state index contributed by atoms with van der Waals surface area (Å²) in [5.74, 6) is -0.926. The van der Waals surface area contributed by atoms with Crippen molar-refractivity contribution in [3.63, 3.8) is 0 Å². The van der Waals surface area contributed by atoms with Gasteiger partial charge in [0.15, 0.2) is 0 Å². The van der Waals surface area contributed by atoms with E-state index >= 15 is 0 Å². The van der Waals surface area contributed by atoms with E-state index in [9.17, 15) is 14.9 Å². The first-order chi connectivity index (χ1) is 9.51. The molecule has 0 aromatic heterocycles. The predicted octanol–water partition coefficient (Wildman–Crippen LogP) is 2.65. The number of nitrogens with zero attached hydrogens (tertiary/aromatic N) is 1. The fraction of sp³-hybridized carbons (Fsp3) is 0.500. The van der Waals surface area contributed by atoms with Crippen LogP contribution in [-0.2, 0) is 4.74 Å². The summed E-state index contributed by atoms with van der Waals surface area (Å²) < 4.78 is 5.02. The molecule has 0 amide bonds. The minimum absolute atomic E-state index is 0.154. The molecule has 0 aliphatic carbocycles. The molecular formula is C14H19NO5. The van der Waals surface area contributed by atoms with Gasteiger partial charge in [0.2, 0.25) is 0 Å². The normalized spacial score (nSPS) is 11.9. The molecule has 0 bridgehead atoms. The number of aliphatic hydroxyl groups is 1. The number of esters is 1. The Bertz CT molecular complexity index is 486. The lowest BCUT2D eigenvalue weighted by atomic mass is 9.98. The van der Waals surface area contributed by atoms with Crippen molar-refractivity contribution in [2.75, 3.05) is 13.2 Å². The molecule has 0 saturated heterocycles. The lowest BCUT2D eigenvalue weighted by Crippen LogP contribution is -2.09. The van der Waals surface area contributed by atoms with Gasteiger partial charge in [-0.3, -0.25) is 10.1 Å². The largest absolute Gasteiger partial charge is 0.462 e. The summed E-state index contributed by atoms with van der Waals surface area (Å²) in [5, 5.41) is 20.2. The van der Waals surface area contributed by atoms with Crippen molar-refractivity contribution in [2.24, 2.45) is 0 Å². The van der Waals surface area contributed by atoms with Gasteiger partial charge in [-0.25, -0.2) is 4.79 Å².